The van der Waals surface area contributed by atoms with E-state index < -0.39 is 0 Å². The zero-order valence-electron chi connectivity index (χ0n) is 16.2. The summed E-state index contributed by atoms with van der Waals surface area (Å²) in [6.07, 6.45) is 2.82. The van der Waals surface area contributed by atoms with Gasteiger partial charge in [-0.15, -0.1) is 0 Å². The summed E-state index contributed by atoms with van der Waals surface area (Å²) in [5.74, 6) is -0.397. The Kier molecular flexibility index (Phi) is 7.34. The molecule has 0 saturated carbocycles. The lowest BCUT2D eigenvalue weighted by Gasteiger charge is -2.23. The zero-order valence-corrected chi connectivity index (χ0v) is 16.2. The first-order chi connectivity index (χ1) is 13.7. The Morgan fingerprint density at radius 1 is 0.857 bits per heavy atom. The van der Waals surface area contributed by atoms with Gasteiger partial charge in [0.25, 0.3) is 0 Å². The van der Waals surface area contributed by atoms with E-state index in [1.807, 2.05) is 41.1 Å². The summed E-state index contributed by atoms with van der Waals surface area (Å²) in [7, 11) is 1.68. The molecule has 2 aromatic carbocycles. The maximum absolute atomic E-state index is 14.1. The van der Waals surface area contributed by atoms with Crippen molar-refractivity contribution < 1.29 is 13.5 Å². The number of halogens is 2. The van der Waals surface area contributed by atoms with Crippen molar-refractivity contribution in [2.24, 2.45) is 0 Å². The molecule has 0 atom stereocenters. The first-order valence-electron chi connectivity index (χ1n) is 9.49. The Hall–Kier alpha value is -2.50. The Labute approximate surface area is 165 Å². The smallest absolute Gasteiger partial charge is 0.128 e. The van der Waals surface area contributed by atoms with Gasteiger partial charge in [-0.2, -0.15) is 0 Å². The van der Waals surface area contributed by atoms with Gasteiger partial charge in [-0.25, -0.2) is 8.78 Å². The molecule has 0 spiro atoms. The minimum absolute atomic E-state index is 0.194. The van der Waals surface area contributed by atoms with Crippen LogP contribution in [0.2, 0.25) is 0 Å². The average molecular weight is 384 g/mol. The van der Waals surface area contributed by atoms with Crippen molar-refractivity contribution in [1.82, 2.24) is 9.47 Å². The van der Waals surface area contributed by atoms with Gasteiger partial charge in [-0.1, -0.05) is 36.4 Å². The van der Waals surface area contributed by atoms with E-state index in [-0.39, 0.29) is 11.6 Å². The van der Waals surface area contributed by atoms with Gasteiger partial charge in [-0.3, -0.25) is 4.90 Å². The van der Waals surface area contributed by atoms with Gasteiger partial charge < -0.3 is 9.30 Å². The Morgan fingerprint density at radius 3 is 2.21 bits per heavy atom. The van der Waals surface area contributed by atoms with Crippen LogP contribution < -0.4 is 0 Å². The van der Waals surface area contributed by atoms with Crippen molar-refractivity contribution in [3.63, 3.8) is 0 Å². The van der Waals surface area contributed by atoms with Crippen LogP contribution in [0.5, 0.6) is 0 Å². The van der Waals surface area contributed by atoms with Gasteiger partial charge in [0.2, 0.25) is 0 Å². The van der Waals surface area contributed by atoms with Crippen molar-refractivity contribution in [1.29, 1.82) is 0 Å². The molecule has 3 aromatic rings. The number of nitrogens with zero attached hydrogens (tertiary/aromatic N) is 2. The highest BCUT2D eigenvalue weighted by Gasteiger charge is 2.13. The summed E-state index contributed by atoms with van der Waals surface area (Å²) in [6.45, 7) is 3.08. The Bertz CT molecular complexity index is 878. The summed E-state index contributed by atoms with van der Waals surface area (Å²) in [5, 5.41) is 0. The van der Waals surface area contributed by atoms with E-state index in [9.17, 15) is 8.78 Å². The first kappa shape index (κ1) is 20.2. The molecule has 3 nitrogen and oxygen atoms in total. The molecule has 0 aliphatic carbocycles. The third kappa shape index (κ3) is 5.50. The SMILES string of the molecule is COCCCN(Cc1ccccc1F)Cc1cccn1Cc1ccccc1F. The Balaban J connectivity index is 1.74. The fraction of sp³-hybridized carbons (Fsp3) is 0.304. The van der Waals surface area contributed by atoms with Crippen LogP contribution in [0, 0.1) is 11.6 Å². The minimum Gasteiger partial charge on any atom is -0.385 e. The molecule has 0 aliphatic rings. The molecule has 0 unspecified atom stereocenters. The predicted molar refractivity (Wildman–Crippen MR) is 107 cm³/mol. The first-order valence-corrected chi connectivity index (χ1v) is 9.49. The third-order valence-electron chi connectivity index (χ3n) is 4.78. The van der Waals surface area contributed by atoms with Crippen molar-refractivity contribution >= 4 is 0 Å². The standard InChI is InChI=1S/C23H26F2N2O/c1-28-15-7-13-26(16-19-8-2-4-11-22(19)24)18-21-10-6-14-27(21)17-20-9-3-5-12-23(20)25/h2-6,8-12,14H,7,13,15-18H2,1H3. The number of ether oxygens (including phenoxy) is 1. The molecule has 148 valence electrons. The van der Waals surface area contributed by atoms with E-state index in [4.69, 9.17) is 4.74 Å². The third-order valence-corrected chi connectivity index (χ3v) is 4.78. The number of benzene rings is 2. The molecular formula is C23H26F2N2O. The van der Waals surface area contributed by atoms with Gasteiger partial charge >= 0.3 is 0 Å². The molecule has 0 amide bonds. The van der Waals surface area contributed by atoms with E-state index in [2.05, 4.69) is 4.90 Å². The van der Waals surface area contributed by atoms with Crippen LogP contribution in [0.3, 0.4) is 0 Å². The van der Waals surface area contributed by atoms with Crippen LogP contribution >= 0.6 is 0 Å². The number of aromatic nitrogens is 1. The van der Waals surface area contributed by atoms with Crippen LogP contribution in [-0.2, 0) is 24.4 Å². The van der Waals surface area contributed by atoms with Gasteiger partial charge in [-0.05, 0) is 30.7 Å². The van der Waals surface area contributed by atoms with E-state index in [0.29, 0.717) is 37.4 Å². The summed E-state index contributed by atoms with van der Waals surface area (Å²) in [4.78, 5) is 2.20. The van der Waals surface area contributed by atoms with Crippen molar-refractivity contribution in [2.75, 3.05) is 20.3 Å². The number of hydrogen-bond donors (Lipinski definition) is 0. The minimum atomic E-state index is -0.203. The van der Waals surface area contributed by atoms with Crippen LogP contribution in [0.1, 0.15) is 23.2 Å². The van der Waals surface area contributed by atoms with Gasteiger partial charge in [0.05, 0.1) is 6.54 Å². The summed E-state index contributed by atoms with van der Waals surface area (Å²) < 4.78 is 35.4. The van der Waals surface area contributed by atoms with E-state index >= 15 is 0 Å². The van der Waals surface area contributed by atoms with Crippen LogP contribution in [0.25, 0.3) is 0 Å². The molecule has 28 heavy (non-hydrogen) atoms. The predicted octanol–water partition coefficient (Wildman–Crippen LogP) is 4.85. The molecule has 0 bridgehead atoms. The highest BCUT2D eigenvalue weighted by molar-refractivity contribution is 5.20. The molecule has 3 rings (SSSR count). The lowest BCUT2D eigenvalue weighted by molar-refractivity contribution is 0.164. The van der Waals surface area contributed by atoms with Crippen molar-refractivity contribution in [2.45, 2.75) is 26.1 Å². The maximum Gasteiger partial charge on any atom is 0.128 e. The fourth-order valence-corrected chi connectivity index (χ4v) is 3.30. The van der Waals surface area contributed by atoms with E-state index in [0.717, 1.165) is 18.7 Å². The monoisotopic (exact) mass is 384 g/mol. The largest absolute Gasteiger partial charge is 0.385 e. The molecule has 0 saturated heterocycles. The highest BCUT2D eigenvalue weighted by Crippen LogP contribution is 2.16. The maximum atomic E-state index is 14.1. The van der Waals surface area contributed by atoms with E-state index in [1.165, 1.54) is 12.1 Å². The Morgan fingerprint density at radius 2 is 1.54 bits per heavy atom. The molecule has 0 fully saturated rings. The van der Waals surface area contributed by atoms with Crippen LogP contribution in [0.4, 0.5) is 8.78 Å². The zero-order chi connectivity index (χ0) is 19.8. The normalized spacial score (nSPS) is 11.3. The lowest BCUT2D eigenvalue weighted by Crippen LogP contribution is -2.26. The molecule has 0 N–H and O–H groups in total. The van der Waals surface area contributed by atoms with Crippen molar-refractivity contribution in [3.05, 3.63) is 95.3 Å². The second kappa shape index (κ2) is 10.2. The fourth-order valence-electron chi connectivity index (χ4n) is 3.30. The highest BCUT2D eigenvalue weighted by atomic mass is 19.1. The molecule has 1 heterocycles. The summed E-state index contributed by atoms with van der Waals surface area (Å²) in [5.41, 5.74) is 2.39. The molecule has 1 aromatic heterocycles. The molecule has 5 heteroatoms. The van der Waals surface area contributed by atoms with Gasteiger partial charge in [0.1, 0.15) is 11.6 Å². The molecular weight excluding hydrogens is 358 g/mol. The number of methoxy groups -OCH3 is 1. The molecule has 0 radical (unpaired) electrons. The summed E-state index contributed by atoms with van der Waals surface area (Å²) in [6, 6.07) is 17.7. The second-order valence-corrected chi connectivity index (χ2v) is 6.87. The molecule has 0 aliphatic heterocycles. The lowest BCUT2D eigenvalue weighted by atomic mass is 10.2. The van der Waals surface area contributed by atoms with Crippen molar-refractivity contribution in [3.8, 4) is 0 Å². The number of hydrogen-bond acceptors (Lipinski definition) is 2. The topological polar surface area (TPSA) is 17.4 Å². The van der Waals surface area contributed by atoms with Crippen LogP contribution in [0.15, 0.2) is 66.9 Å². The average Bonchev–Trinajstić information content (AvgIpc) is 3.12. The van der Waals surface area contributed by atoms with Gasteiger partial charge in [0.15, 0.2) is 0 Å². The number of rotatable bonds is 10. The summed E-state index contributed by atoms with van der Waals surface area (Å²) >= 11 is 0. The van der Waals surface area contributed by atoms with Gasteiger partial charge in [0, 0.05) is 56.4 Å². The van der Waals surface area contributed by atoms with Crippen LogP contribution in [-0.4, -0.2) is 29.7 Å². The quantitative estimate of drug-likeness (QED) is 0.465. The van der Waals surface area contributed by atoms with E-state index in [1.54, 1.807) is 25.3 Å². The second-order valence-electron chi connectivity index (χ2n) is 6.87.